The summed E-state index contributed by atoms with van der Waals surface area (Å²) in [6, 6.07) is 24.9. The van der Waals surface area contributed by atoms with Gasteiger partial charge in [-0.1, -0.05) is 66.7 Å². The van der Waals surface area contributed by atoms with Crippen LogP contribution in [0.3, 0.4) is 0 Å². The molecular formula is C20H16O2S. The number of hydrogen-bond donors (Lipinski definition) is 0. The lowest BCUT2D eigenvalue weighted by molar-refractivity contribution is 0.592. The summed E-state index contributed by atoms with van der Waals surface area (Å²) in [5, 5.41) is 0. The quantitative estimate of drug-likeness (QED) is 0.722. The maximum Gasteiger partial charge on any atom is 0.179 e. The third-order valence-corrected chi connectivity index (χ3v) is 6.21. The van der Waals surface area contributed by atoms with Crippen LogP contribution < -0.4 is 0 Å². The molecule has 0 atom stereocenters. The molecule has 0 spiro atoms. The number of rotatable bonds is 3. The van der Waals surface area contributed by atoms with Gasteiger partial charge in [-0.3, -0.25) is 0 Å². The van der Waals surface area contributed by atoms with Gasteiger partial charge in [0.2, 0.25) is 0 Å². The van der Waals surface area contributed by atoms with Gasteiger partial charge in [0.1, 0.15) is 0 Å². The predicted molar refractivity (Wildman–Crippen MR) is 92.2 cm³/mol. The number of sulfone groups is 1. The molecule has 0 bridgehead atoms. The lowest BCUT2D eigenvalue weighted by Crippen LogP contribution is -2.14. The molecule has 3 aromatic carbocycles. The molecule has 0 amide bonds. The molecule has 114 valence electrons. The van der Waals surface area contributed by atoms with Gasteiger partial charge in [-0.05, 0) is 34.4 Å². The van der Waals surface area contributed by atoms with Crippen LogP contribution in [0.5, 0.6) is 0 Å². The van der Waals surface area contributed by atoms with E-state index >= 15 is 0 Å². The van der Waals surface area contributed by atoms with E-state index in [1.165, 1.54) is 0 Å². The van der Waals surface area contributed by atoms with Crippen molar-refractivity contribution >= 4 is 9.84 Å². The summed E-state index contributed by atoms with van der Waals surface area (Å²) in [6.45, 7) is 0. The Morgan fingerprint density at radius 1 is 0.652 bits per heavy atom. The zero-order chi connectivity index (χ0) is 15.9. The first-order valence-electron chi connectivity index (χ1n) is 7.63. The van der Waals surface area contributed by atoms with Crippen LogP contribution in [-0.4, -0.2) is 14.2 Å². The average molecular weight is 320 g/mol. The van der Waals surface area contributed by atoms with Gasteiger partial charge < -0.3 is 0 Å². The van der Waals surface area contributed by atoms with Crippen molar-refractivity contribution in [1.29, 1.82) is 0 Å². The van der Waals surface area contributed by atoms with Crippen LogP contribution in [0.25, 0.3) is 11.1 Å². The molecule has 0 aliphatic heterocycles. The number of benzene rings is 3. The van der Waals surface area contributed by atoms with Gasteiger partial charge in [0.15, 0.2) is 9.84 Å². The summed E-state index contributed by atoms with van der Waals surface area (Å²) < 4.78 is 25.6. The van der Waals surface area contributed by atoms with Gasteiger partial charge in [0, 0.05) is 5.92 Å². The normalized spacial score (nSPS) is 13.6. The Labute approximate surface area is 136 Å². The fraction of sp³-hybridized carbons (Fsp3) is 0.100. The monoisotopic (exact) mass is 320 g/mol. The molecule has 0 aromatic heterocycles. The average Bonchev–Trinajstić information content (AvgIpc) is 2.90. The van der Waals surface area contributed by atoms with E-state index in [0.29, 0.717) is 4.90 Å². The molecule has 0 saturated carbocycles. The Balaban J connectivity index is 1.81. The Kier molecular flexibility index (Phi) is 3.31. The van der Waals surface area contributed by atoms with Crippen LogP contribution in [0.1, 0.15) is 17.0 Å². The maximum atomic E-state index is 12.8. The largest absolute Gasteiger partial charge is 0.224 e. The molecule has 0 N–H and O–H groups in total. The maximum absolute atomic E-state index is 12.8. The van der Waals surface area contributed by atoms with Crippen molar-refractivity contribution in [3.8, 4) is 11.1 Å². The van der Waals surface area contributed by atoms with Crippen molar-refractivity contribution in [2.45, 2.75) is 10.8 Å². The first-order valence-corrected chi connectivity index (χ1v) is 9.28. The standard InChI is InChI=1S/C20H16O2S/c21-23(22,15-8-2-1-3-9-15)14-20-18-12-6-4-10-16(18)17-11-5-7-13-19(17)20/h1-13,20H,14H2. The van der Waals surface area contributed by atoms with Crippen molar-refractivity contribution < 1.29 is 8.42 Å². The third-order valence-electron chi connectivity index (χ3n) is 4.45. The second-order valence-electron chi connectivity index (χ2n) is 5.82. The summed E-state index contributed by atoms with van der Waals surface area (Å²) >= 11 is 0. The van der Waals surface area contributed by atoms with Crippen LogP contribution in [-0.2, 0) is 9.84 Å². The zero-order valence-corrected chi connectivity index (χ0v) is 13.3. The molecule has 3 aromatic rings. The molecule has 4 rings (SSSR count). The first-order chi connectivity index (χ1) is 11.2. The predicted octanol–water partition coefficient (Wildman–Crippen LogP) is 4.27. The highest BCUT2D eigenvalue weighted by molar-refractivity contribution is 7.91. The van der Waals surface area contributed by atoms with E-state index in [2.05, 4.69) is 12.1 Å². The molecule has 0 heterocycles. The van der Waals surface area contributed by atoms with Gasteiger partial charge in [-0.25, -0.2) is 8.42 Å². The van der Waals surface area contributed by atoms with Crippen LogP contribution in [0, 0.1) is 0 Å². The van der Waals surface area contributed by atoms with E-state index in [9.17, 15) is 8.42 Å². The highest BCUT2D eigenvalue weighted by Gasteiger charge is 2.32. The first kappa shape index (κ1) is 14.2. The van der Waals surface area contributed by atoms with Crippen molar-refractivity contribution in [3.63, 3.8) is 0 Å². The summed E-state index contributed by atoms with van der Waals surface area (Å²) in [4.78, 5) is 0.391. The van der Waals surface area contributed by atoms with Crippen LogP contribution in [0.15, 0.2) is 83.8 Å². The van der Waals surface area contributed by atoms with E-state index in [1.54, 1.807) is 24.3 Å². The van der Waals surface area contributed by atoms with Gasteiger partial charge in [0.25, 0.3) is 0 Å². The fourth-order valence-corrected chi connectivity index (χ4v) is 4.95. The van der Waals surface area contributed by atoms with Gasteiger partial charge >= 0.3 is 0 Å². The summed E-state index contributed by atoms with van der Waals surface area (Å²) in [5.74, 6) is -0.00185. The van der Waals surface area contributed by atoms with E-state index in [-0.39, 0.29) is 11.7 Å². The van der Waals surface area contributed by atoms with E-state index in [4.69, 9.17) is 0 Å². The Morgan fingerprint density at radius 2 is 1.13 bits per heavy atom. The molecule has 0 saturated heterocycles. The van der Waals surface area contributed by atoms with E-state index in [0.717, 1.165) is 22.3 Å². The molecule has 1 aliphatic carbocycles. The minimum atomic E-state index is -3.33. The van der Waals surface area contributed by atoms with Crippen molar-refractivity contribution in [3.05, 3.63) is 90.0 Å². The van der Waals surface area contributed by atoms with Crippen LogP contribution >= 0.6 is 0 Å². The highest BCUT2D eigenvalue weighted by Crippen LogP contribution is 2.45. The molecule has 1 aliphatic rings. The Bertz CT molecular complexity index is 914. The number of fused-ring (bicyclic) bond motifs is 3. The van der Waals surface area contributed by atoms with Crippen molar-refractivity contribution in [2.75, 3.05) is 5.75 Å². The second kappa shape index (κ2) is 5.36. The highest BCUT2D eigenvalue weighted by atomic mass is 32.2. The SMILES string of the molecule is O=S(=O)(CC1c2ccccc2-c2ccccc21)c1ccccc1. The minimum absolute atomic E-state index is 0.102. The van der Waals surface area contributed by atoms with Crippen LogP contribution in [0.2, 0.25) is 0 Å². The zero-order valence-electron chi connectivity index (χ0n) is 12.5. The number of hydrogen-bond acceptors (Lipinski definition) is 2. The van der Waals surface area contributed by atoms with Gasteiger partial charge in [0.05, 0.1) is 10.6 Å². The molecule has 0 unspecified atom stereocenters. The molecule has 0 radical (unpaired) electrons. The molecule has 0 fully saturated rings. The summed E-state index contributed by atoms with van der Waals surface area (Å²) in [7, 11) is -3.33. The molecule has 2 nitrogen and oxygen atoms in total. The van der Waals surface area contributed by atoms with E-state index in [1.807, 2.05) is 42.5 Å². The minimum Gasteiger partial charge on any atom is -0.224 e. The molecule has 3 heteroatoms. The summed E-state index contributed by atoms with van der Waals surface area (Å²) in [5.41, 5.74) is 4.51. The van der Waals surface area contributed by atoms with Crippen molar-refractivity contribution in [2.24, 2.45) is 0 Å². The second-order valence-corrected chi connectivity index (χ2v) is 7.86. The Hall–Kier alpha value is -2.39. The lowest BCUT2D eigenvalue weighted by atomic mass is 9.99. The molecule has 23 heavy (non-hydrogen) atoms. The lowest BCUT2D eigenvalue weighted by Gasteiger charge is -2.14. The topological polar surface area (TPSA) is 34.1 Å². The third kappa shape index (κ3) is 2.37. The smallest absolute Gasteiger partial charge is 0.179 e. The molecular weight excluding hydrogens is 304 g/mol. The van der Waals surface area contributed by atoms with Crippen molar-refractivity contribution in [1.82, 2.24) is 0 Å². The van der Waals surface area contributed by atoms with E-state index < -0.39 is 9.84 Å². The summed E-state index contributed by atoms with van der Waals surface area (Å²) in [6.07, 6.45) is 0. The van der Waals surface area contributed by atoms with Gasteiger partial charge in [-0.15, -0.1) is 0 Å². The van der Waals surface area contributed by atoms with Crippen LogP contribution in [0.4, 0.5) is 0 Å². The van der Waals surface area contributed by atoms with Gasteiger partial charge in [-0.2, -0.15) is 0 Å². The Morgan fingerprint density at radius 3 is 1.70 bits per heavy atom. The fourth-order valence-electron chi connectivity index (χ4n) is 3.38.